The van der Waals surface area contributed by atoms with Crippen molar-refractivity contribution in [3.63, 3.8) is 0 Å². The van der Waals surface area contributed by atoms with E-state index in [4.69, 9.17) is 0 Å². The molecule has 0 aliphatic carbocycles. The summed E-state index contributed by atoms with van der Waals surface area (Å²) < 4.78 is 4.59. The molecular formula is C5H9NO3. The maximum atomic E-state index is 10.5. The van der Waals surface area contributed by atoms with Crippen molar-refractivity contribution in [2.45, 2.75) is 13.0 Å². The zero-order chi connectivity index (χ0) is 7.28. The molecule has 1 unspecified atom stereocenters. The highest BCUT2D eigenvalue weighted by atomic mass is 16.5. The lowest BCUT2D eigenvalue weighted by Gasteiger charge is -2.04. The summed E-state index contributed by atoms with van der Waals surface area (Å²) in [7, 11) is 1.40. The van der Waals surface area contributed by atoms with Gasteiger partial charge >= 0.3 is 0 Å². The van der Waals surface area contributed by atoms with Crippen molar-refractivity contribution >= 4 is 12.3 Å². The Morgan fingerprint density at radius 3 is 2.67 bits per heavy atom. The predicted octanol–water partition coefficient (Wildman–Crippen LogP) is -0.706. The Bertz CT molecular complexity index is 113. The minimum Gasteiger partial charge on any atom is -0.372 e. The summed E-state index contributed by atoms with van der Waals surface area (Å²) >= 11 is 0. The summed E-state index contributed by atoms with van der Waals surface area (Å²) in [6.45, 7) is 1.55. The van der Waals surface area contributed by atoms with Gasteiger partial charge in [-0.2, -0.15) is 0 Å². The van der Waals surface area contributed by atoms with Crippen LogP contribution in [0.1, 0.15) is 6.92 Å². The highest BCUT2D eigenvalue weighted by Gasteiger charge is 2.08. The summed E-state index contributed by atoms with van der Waals surface area (Å²) in [5, 5.41) is 1.95. The first-order valence-corrected chi connectivity index (χ1v) is 2.49. The molecule has 0 radical (unpaired) electrons. The molecule has 0 heterocycles. The third-order valence-corrected chi connectivity index (χ3v) is 0.924. The topological polar surface area (TPSA) is 55.4 Å². The van der Waals surface area contributed by atoms with Crippen molar-refractivity contribution in [3.8, 4) is 0 Å². The molecule has 9 heavy (non-hydrogen) atoms. The lowest BCUT2D eigenvalue weighted by Crippen LogP contribution is -2.32. The van der Waals surface area contributed by atoms with E-state index in [2.05, 4.69) is 4.74 Å². The van der Waals surface area contributed by atoms with Crippen LogP contribution >= 0.6 is 0 Å². The maximum absolute atomic E-state index is 10.5. The van der Waals surface area contributed by atoms with Crippen LogP contribution in [0, 0.1) is 0 Å². The Morgan fingerprint density at radius 2 is 2.33 bits per heavy atom. The van der Waals surface area contributed by atoms with Gasteiger partial charge in [0.2, 0.25) is 6.41 Å². The molecule has 0 bridgehead atoms. The number of hydrogen-bond acceptors (Lipinski definition) is 3. The molecule has 52 valence electrons. The van der Waals surface area contributed by atoms with Crippen LogP contribution in [0.15, 0.2) is 0 Å². The standard InChI is InChI=1S/C5H9NO3/c1-4(9-2)5(8)6-3-7/h3-4H,1-2H3,(H,6,7,8). The zero-order valence-corrected chi connectivity index (χ0v) is 5.38. The third kappa shape index (κ3) is 2.81. The van der Waals surface area contributed by atoms with E-state index in [9.17, 15) is 9.59 Å². The van der Waals surface area contributed by atoms with Crippen LogP contribution in [0.4, 0.5) is 0 Å². The van der Waals surface area contributed by atoms with Crippen molar-refractivity contribution in [1.29, 1.82) is 0 Å². The largest absolute Gasteiger partial charge is 0.372 e. The van der Waals surface area contributed by atoms with Gasteiger partial charge in [0.25, 0.3) is 5.91 Å². The van der Waals surface area contributed by atoms with Crippen molar-refractivity contribution in [2.75, 3.05) is 7.11 Å². The molecule has 0 saturated heterocycles. The highest BCUT2D eigenvalue weighted by Crippen LogP contribution is 1.84. The summed E-state index contributed by atoms with van der Waals surface area (Å²) in [5.41, 5.74) is 0. The van der Waals surface area contributed by atoms with E-state index in [0.717, 1.165) is 0 Å². The van der Waals surface area contributed by atoms with Crippen LogP contribution in [0.3, 0.4) is 0 Å². The van der Waals surface area contributed by atoms with E-state index in [1.165, 1.54) is 7.11 Å². The molecule has 0 rings (SSSR count). The molecule has 0 aliphatic heterocycles. The van der Waals surface area contributed by atoms with Gasteiger partial charge in [-0.25, -0.2) is 0 Å². The van der Waals surface area contributed by atoms with Crippen LogP contribution in [0.2, 0.25) is 0 Å². The lowest BCUT2D eigenvalue weighted by atomic mass is 10.4. The number of nitrogens with one attached hydrogen (secondary N) is 1. The number of amides is 2. The molecule has 0 fully saturated rings. The fourth-order valence-corrected chi connectivity index (χ4v) is 0.282. The predicted molar refractivity (Wildman–Crippen MR) is 30.7 cm³/mol. The molecule has 4 nitrogen and oxygen atoms in total. The Labute approximate surface area is 53.2 Å². The van der Waals surface area contributed by atoms with E-state index >= 15 is 0 Å². The molecule has 0 saturated carbocycles. The van der Waals surface area contributed by atoms with Crippen LogP contribution in [0.5, 0.6) is 0 Å². The summed E-state index contributed by atoms with van der Waals surface area (Å²) in [6, 6.07) is 0. The third-order valence-electron chi connectivity index (χ3n) is 0.924. The van der Waals surface area contributed by atoms with Crippen molar-refractivity contribution in [3.05, 3.63) is 0 Å². The fourth-order valence-electron chi connectivity index (χ4n) is 0.282. The van der Waals surface area contributed by atoms with E-state index in [1.807, 2.05) is 5.32 Å². The first-order valence-electron chi connectivity index (χ1n) is 2.49. The molecule has 0 aliphatic rings. The smallest absolute Gasteiger partial charge is 0.255 e. The van der Waals surface area contributed by atoms with Crippen LogP contribution < -0.4 is 5.32 Å². The Hall–Kier alpha value is -0.900. The maximum Gasteiger partial charge on any atom is 0.255 e. The Kier molecular flexibility index (Phi) is 3.62. The van der Waals surface area contributed by atoms with Crippen molar-refractivity contribution in [1.82, 2.24) is 5.32 Å². The molecule has 0 spiro atoms. The van der Waals surface area contributed by atoms with E-state index in [0.29, 0.717) is 6.41 Å². The first kappa shape index (κ1) is 8.10. The van der Waals surface area contributed by atoms with Gasteiger partial charge in [0.15, 0.2) is 0 Å². The van der Waals surface area contributed by atoms with Gasteiger partial charge < -0.3 is 4.74 Å². The van der Waals surface area contributed by atoms with Crippen molar-refractivity contribution < 1.29 is 14.3 Å². The molecule has 0 aromatic carbocycles. The molecule has 4 heteroatoms. The van der Waals surface area contributed by atoms with Gasteiger partial charge in [-0.15, -0.1) is 0 Å². The van der Waals surface area contributed by atoms with Gasteiger partial charge in [0, 0.05) is 7.11 Å². The second-order valence-electron chi connectivity index (χ2n) is 1.50. The Balaban J connectivity index is 3.58. The molecule has 2 amide bonds. The molecular weight excluding hydrogens is 122 g/mol. The van der Waals surface area contributed by atoms with Crippen LogP contribution in [0.25, 0.3) is 0 Å². The van der Waals surface area contributed by atoms with Gasteiger partial charge in [-0.1, -0.05) is 0 Å². The quantitative estimate of drug-likeness (QED) is 0.515. The number of carbonyl (C=O) groups is 2. The van der Waals surface area contributed by atoms with Gasteiger partial charge in [-0.05, 0) is 6.92 Å². The van der Waals surface area contributed by atoms with Crippen LogP contribution in [-0.2, 0) is 14.3 Å². The monoisotopic (exact) mass is 131 g/mol. The van der Waals surface area contributed by atoms with E-state index in [1.54, 1.807) is 6.92 Å². The normalized spacial score (nSPS) is 12.2. The number of methoxy groups -OCH3 is 1. The highest BCUT2D eigenvalue weighted by molar-refractivity contribution is 5.88. The second kappa shape index (κ2) is 4.03. The SMILES string of the molecule is COC(C)C(=O)NC=O. The minimum absolute atomic E-state index is 0.331. The van der Waals surface area contributed by atoms with Crippen molar-refractivity contribution in [2.24, 2.45) is 0 Å². The first-order chi connectivity index (χ1) is 4.22. The number of ether oxygens (including phenoxy) is 1. The minimum atomic E-state index is -0.560. The van der Waals surface area contributed by atoms with Gasteiger partial charge in [0.05, 0.1) is 0 Å². The number of rotatable bonds is 3. The summed E-state index contributed by atoms with van der Waals surface area (Å²) in [4.78, 5) is 20.2. The molecule has 1 atom stereocenters. The molecule has 0 aromatic rings. The molecule has 1 N–H and O–H groups in total. The second-order valence-corrected chi connectivity index (χ2v) is 1.50. The van der Waals surface area contributed by atoms with Crippen LogP contribution in [-0.4, -0.2) is 25.5 Å². The summed E-state index contributed by atoms with van der Waals surface area (Å²) in [6.07, 6.45) is -0.229. The zero-order valence-electron chi connectivity index (χ0n) is 5.38. The number of imide groups is 1. The van der Waals surface area contributed by atoms with Gasteiger partial charge in [-0.3, -0.25) is 14.9 Å². The van der Waals surface area contributed by atoms with Gasteiger partial charge in [0.1, 0.15) is 6.10 Å². The van der Waals surface area contributed by atoms with E-state index < -0.39 is 12.0 Å². The average Bonchev–Trinajstić information content (AvgIpc) is 1.87. The molecule has 0 aromatic heterocycles. The fraction of sp³-hybridized carbons (Fsp3) is 0.600. The Morgan fingerprint density at radius 1 is 1.78 bits per heavy atom. The van der Waals surface area contributed by atoms with E-state index in [-0.39, 0.29) is 0 Å². The average molecular weight is 131 g/mol. The summed E-state index contributed by atoms with van der Waals surface area (Å²) in [5.74, 6) is -0.424. The number of carbonyl (C=O) groups excluding carboxylic acids is 2. The number of hydrogen-bond donors (Lipinski definition) is 1. The lowest BCUT2D eigenvalue weighted by molar-refractivity contribution is -0.132.